The van der Waals surface area contributed by atoms with Crippen LogP contribution in [0.4, 0.5) is 5.69 Å². The molecule has 0 fully saturated rings. The Kier molecular flexibility index (Phi) is 5.35. The van der Waals surface area contributed by atoms with Crippen LogP contribution in [-0.4, -0.2) is 37.0 Å². The molecule has 1 heterocycles. The van der Waals surface area contributed by atoms with Crippen molar-refractivity contribution in [1.82, 2.24) is 10.4 Å². The van der Waals surface area contributed by atoms with E-state index >= 15 is 0 Å². The summed E-state index contributed by atoms with van der Waals surface area (Å²) in [6.45, 7) is 0. The molecule has 0 saturated heterocycles. The number of carbonyl (C=O) groups is 1. The first kappa shape index (κ1) is 17.0. The number of fused-ring (bicyclic) bond motifs is 1. The molecule has 3 aromatic rings. The number of para-hydroxylation sites is 2. The maximum Gasteiger partial charge on any atom is 0.257 e. The van der Waals surface area contributed by atoms with Crippen LogP contribution in [-0.2, 0) is 4.79 Å². The highest BCUT2D eigenvalue weighted by Gasteiger charge is 2.08. The predicted octanol–water partition coefficient (Wildman–Crippen LogP) is 3.14. The number of nitrogens with zero attached hydrogens (tertiary/aromatic N) is 3. The normalized spacial score (nSPS) is 11.1. The third-order valence-corrected chi connectivity index (χ3v) is 4.24. The van der Waals surface area contributed by atoms with Crippen LogP contribution in [0.5, 0.6) is 0 Å². The fourth-order valence-corrected chi connectivity index (χ4v) is 2.74. The molecule has 0 aliphatic carbocycles. The quantitative estimate of drug-likeness (QED) is 0.418. The molecule has 128 valence electrons. The van der Waals surface area contributed by atoms with Crippen molar-refractivity contribution in [1.29, 1.82) is 0 Å². The minimum absolute atomic E-state index is 0.184. The molecule has 0 bridgehead atoms. The standard InChI is InChI=1S/C18H18N4O2S/c1-22(2)14-9-7-13(8-10-14)11-19-21-17(23)12-25-18-20-15-5-3-4-6-16(15)24-18/h3-11H,12H2,1-2H3,(H,21,23)/b19-11-. The van der Waals surface area contributed by atoms with Gasteiger partial charge in [0.1, 0.15) is 5.52 Å². The van der Waals surface area contributed by atoms with Crippen LogP contribution < -0.4 is 10.3 Å². The molecule has 25 heavy (non-hydrogen) atoms. The van der Waals surface area contributed by atoms with Crippen LogP contribution in [0.3, 0.4) is 0 Å². The number of hydrogen-bond donors (Lipinski definition) is 1. The van der Waals surface area contributed by atoms with Crippen molar-refractivity contribution < 1.29 is 9.21 Å². The molecule has 0 spiro atoms. The van der Waals surface area contributed by atoms with Gasteiger partial charge in [-0.1, -0.05) is 36.0 Å². The summed E-state index contributed by atoms with van der Waals surface area (Å²) in [7, 11) is 3.97. The summed E-state index contributed by atoms with van der Waals surface area (Å²) in [6, 6.07) is 15.4. The van der Waals surface area contributed by atoms with Crippen molar-refractivity contribution in [3.05, 3.63) is 54.1 Å². The Morgan fingerprint density at radius 2 is 2.00 bits per heavy atom. The molecular weight excluding hydrogens is 336 g/mol. The van der Waals surface area contributed by atoms with E-state index in [2.05, 4.69) is 15.5 Å². The number of hydrogen-bond acceptors (Lipinski definition) is 6. The molecule has 1 amide bonds. The first-order valence-electron chi connectivity index (χ1n) is 7.69. The summed E-state index contributed by atoms with van der Waals surface area (Å²) in [6.07, 6.45) is 1.61. The fourth-order valence-electron chi connectivity index (χ4n) is 2.11. The first-order valence-corrected chi connectivity index (χ1v) is 8.68. The van der Waals surface area contributed by atoms with Crippen LogP contribution in [0.25, 0.3) is 11.1 Å². The minimum atomic E-state index is -0.214. The van der Waals surface area contributed by atoms with Crippen molar-refractivity contribution in [3.8, 4) is 0 Å². The second-order valence-electron chi connectivity index (χ2n) is 5.52. The second-order valence-corrected chi connectivity index (χ2v) is 6.44. The van der Waals surface area contributed by atoms with Crippen LogP contribution in [0.2, 0.25) is 0 Å². The number of anilines is 1. The summed E-state index contributed by atoms with van der Waals surface area (Å²) < 4.78 is 5.55. The number of benzene rings is 2. The van der Waals surface area contributed by atoms with Gasteiger partial charge in [-0.2, -0.15) is 5.10 Å². The van der Waals surface area contributed by atoms with E-state index in [-0.39, 0.29) is 11.7 Å². The van der Waals surface area contributed by atoms with Crippen molar-refractivity contribution in [2.24, 2.45) is 5.10 Å². The van der Waals surface area contributed by atoms with E-state index in [1.54, 1.807) is 6.21 Å². The summed E-state index contributed by atoms with van der Waals surface area (Å²) >= 11 is 1.24. The zero-order valence-corrected chi connectivity index (χ0v) is 14.8. The van der Waals surface area contributed by atoms with E-state index in [1.165, 1.54) is 11.8 Å². The average Bonchev–Trinajstić information content (AvgIpc) is 3.03. The molecule has 6 nitrogen and oxygen atoms in total. The van der Waals surface area contributed by atoms with Gasteiger partial charge in [-0.15, -0.1) is 0 Å². The molecule has 0 aliphatic heterocycles. The number of amides is 1. The van der Waals surface area contributed by atoms with E-state index < -0.39 is 0 Å². The molecule has 1 N–H and O–H groups in total. The fraction of sp³-hybridized carbons (Fsp3) is 0.167. The third-order valence-electron chi connectivity index (χ3n) is 3.41. The van der Waals surface area contributed by atoms with E-state index in [1.807, 2.05) is 67.5 Å². The number of aromatic nitrogens is 1. The predicted molar refractivity (Wildman–Crippen MR) is 101 cm³/mol. The van der Waals surface area contributed by atoms with Gasteiger partial charge in [0.2, 0.25) is 0 Å². The zero-order valence-electron chi connectivity index (χ0n) is 14.0. The largest absolute Gasteiger partial charge is 0.431 e. The lowest BCUT2D eigenvalue weighted by Gasteiger charge is -2.11. The van der Waals surface area contributed by atoms with E-state index in [4.69, 9.17) is 4.42 Å². The molecule has 0 saturated carbocycles. The molecule has 2 aromatic carbocycles. The van der Waals surface area contributed by atoms with Crippen LogP contribution in [0.15, 0.2) is 63.3 Å². The topological polar surface area (TPSA) is 70.7 Å². The van der Waals surface area contributed by atoms with Gasteiger partial charge >= 0.3 is 0 Å². The molecular formula is C18H18N4O2S. The number of nitrogens with one attached hydrogen (secondary N) is 1. The van der Waals surface area contributed by atoms with E-state index in [0.717, 1.165) is 16.8 Å². The Labute approximate surface area is 149 Å². The van der Waals surface area contributed by atoms with Crippen LogP contribution >= 0.6 is 11.8 Å². The zero-order chi connectivity index (χ0) is 17.6. The maximum absolute atomic E-state index is 11.8. The number of hydrazone groups is 1. The summed E-state index contributed by atoms with van der Waals surface area (Å²) in [5.41, 5.74) is 6.02. The Hall–Kier alpha value is -2.80. The van der Waals surface area contributed by atoms with E-state index in [9.17, 15) is 4.79 Å². The minimum Gasteiger partial charge on any atom is -0.431 e. The number of rotatable bonds is 6. The lowest BCUT2D eigenvalue weighted by atomic mass is 10.2. The molecule has 0 aliphatic rings. The maximum atomic E-state index is 11.8. The third kappa shape index (κ3) is 4.60. The van der Waals surface area contributed by atoms with Crippen LogP contribution in [0.1, 0.15) is 5.56 Å². The summed E-state index contributed by atoms with van der Waals surface area (Å²) in [4.78, 5) is 18.2. The Balaban J connectivity index is 1.48. The smallest absolute Gasteiger partial charge is 0.257 e. The average molecular weight is 354 g/mol. The van der Waals surface area contributed by atoms with Gasteiger partial charge in [-0.3, -0.25) is 4.79 Å². The van der Waals surface area contributed by atoms with Crippen molar-refractivity contribution in [3.63, 3.8) is 0 Å². The van der Waals surface area contributed by atoms with Gasteiger partial charge in [0.05, 0.1) is 12.0 Å². The lowest BCUT2D eigenvalue weighted by Crippen LogP contribution is -2.19. The highest BCUT2D eigenvalue weighted by atomic mass is 32.2. The molecule has 0 radical (unpaired) electrons. The van der Waals surface area contributed by atoms with Crippen molar-refractivity contribution in [2.75, 3.05) is 24.7 Å². The number of thioether (sulfide) groups is 1. The molecule has 1 aromatic heterocycles. The van der Waals surface area contributed by atoms with Gasteiger partial charge < -0.3 is 9.32 Å². The lowest BCUT2D eigenvalue weighted by molar-refractivity contribution is -0.118. The van der Waals surface area contributed by atoms with E-state index in [0.29, 0.717) is 10.8 Å². The SMILES string of the molecule is CN(C)c1ccc(/C=N\NC(=O)CSc2nc3ccccc3o2)cc1. The Bertz CT molecular complexity index is 854. The van der Waals surface area contributed by atoms with Gasteiger partial charge in [0.25, 0.3) is 11.1 Å². The van der Waals surface area contributed by atoms with Crippen molar-refractivity contribution in [2.45, 2.75) is 5.22 Å². The summed E-state index contributed by atoms with van der Waals surface area (Å²) in [5, 5.41) is 4.44. The molecule has 3 rings (SSSR count). The van der Waals surface area contributed by atoms with Crippen LogP contribution in [0, 0.1) is 0 Å². The van der Waals surface area contributed by atoms with Gasteiger partial charge in [-0.05, 0) is 29.8 Å². The molecule has 0 atom stereocenters. The number of carbonyl (C=O) groups excluding carboxylic acids is 1. The Morgan fingerprint density at radius 1 is 1.24 bits per heavy atom. The highest BCUT2D eigenvalue weighted by molar-refractivity contribution is 7.99. The van der Waals surface area contributed by atoms with Gasteiger partial charge in [-0.25, -0.2) is 10.4 Å². The Morgan fingerprint density at radius 3 is 2.72 bits per heavy atom. The molecule has 0 unspecified atom stereocenters. The van der Waals surface area contributed by atoms with Gasteiger partial charge in [0.15, 0.2) is 5.58 Å². The highest BCUT2D eigenvalue weighted by Crippen LogP contribution is 2.22. The number of oxazole rings is 1. The second kappa shape index (κ2) is 7.85. The summed E-state index contributed by atoms with van der Waals surface area (Å²) in [5.74, 6) is -0.0302. The van der Waals surface area contributed by atoms with Gasteiger partial charge in [0, 0.05) is 19.8 Å². The molecule has 7 heteroatoms. The first-order chi connectivity index (χ1) is 12.1. The van der Waals surface area contributed by atoms with Crippen molar-refractivity contribution >= 4 is 40.7 Å². The monoisotopic (exact) mass is 354 g/mol.